The molecule has 0 spiro atoms. The summed E-state index contributed by atoms with van der Waals surface area (Å²) in [7, 11) is 6.47. The smallest absolute Gasteiger partial charge is 0.240 e. The summed E-state index contributed by atoms with van der Waals surface area (Å²) in [4.78, 5) is 34.4. The Morgan fingerprint density at radius 1 is 0.930 bits per heavy atom. The molecular formula is C33H46N4O6. The maximum atomic E-state index is 14.1. The van der Waals surface area contributed by atoms with Gasteiger partial charge in [-0.25, -0.2) is 0 Å². The van der Waals surface area contributed by atoms with Gasteiger partial charge in [-0.15, -0.1) is 0 Å². The third kappa shape index (κ3) is 6.86. The normalized spacial score (nSPS) is 21.1. The summed E-state index contributed by atoms with van der Waals surface area (Å²) >= 11 is 0. The lowest BCUT2D eigenvalue weighted by atomic mass is 10.0. The summed E-state index contributed by atoms with van der Waals surface area (Å²) in [5.41, 5.74) is 1.93. The minimum Gasteiger partial charge on any atom is -0.497 e. The number of benzene rings is 2. The van der Waals surface area contributed by atoms with Crippen molar-refractivity contribution in [3.8, 4) is 23.0 Å². The van der Waals surface area contributed by atoms with Crippen LogP contribution >= 0.6 is 0 Å². The summed E-state index contributed by atoms with van der Waals surface area (Å²) in [5.74, 6) is 2.83. The van der Waals surface area contributed by atoms with Gasteiger partial charge in [-0.1, -0.05) is 31.0 Å². The predicted octanol–water partition coefficient (Wildman–Crippen LogP) is 3.31. The van der Waals surface area contributed by atoms with Gasteiger partial charge in [0.15, 0.2) is 11.5 Å². The highest BCUT2D eigenvalue weighted by molar-refractivity contribution is 5.83. The van der Waals surface area contributed by atoms with Crippen LogP contribution in [0.3, 0.4) is 0 Å². The Balaban J connectivity index is 1.47. The summed E-state index contributed by atoms with van der Waals surface area (Å²) in [6.07, 6.45) is 4.61. The molecule has 2 unspecified atom stereocenters. The first kappa shape index (κ1) is 30.9. The van der Waals surface area contributed by atoms with Crippen LogP contribution in [-0.4, -0.2) is 99.8 Å². The van der Waals surface area contributed by atoms with Gasteiger partial charge < -0.3 is 34.1 Å². The zero-order valence-electron chi connectivity index (χ0n) is 26.0. The van der Waals surface area contributed by atoms with Crippen LogP contribution in [-0.2, 0) is 22.7 Å². The van der Waals surface area contributed by atoms with Crippen molar-refractivity contribution in [3.63, 3.8) is 0 Å². The Morgan fingerprint density at radius 3 is 2.35 bits per heavy atom. The number of hydrogen-bond acceptors (Lipinski definition) is 8. The molecule has 2 heterocycles. The lowest BCUT2D eigenvalue weighted by Crippen LogP contribution is -2.52. The van der Waals surface area contributed by atoms with Crippen molar-refractivity contribution in [1.82, 2.24) is 20.0 Å². The Labute approximate surface area is 255 Å². The molecule has 0 bridgehead atoms. The topological polar surface area (TPSA) is 92.8 Å². The molecule has 2 saturated heterocycles. The quantitative estimate of drug-likeness (QED) is 0.424. The zero-order valence-corrected chi connectivity index (χ0v) is 26.0. The van der Waals surface area contributed by atoms with Crippen molar-refractivity contribution < 1.29 is 28.5 Å². The van der Waals surface area contributed by atoms with E-state index in [0.29, 0.717) is 56.4 Å². The number of methoxy groups -OCH3 is 4. The molecular weight excluding hydrogens is 548 g/mol. The van der Waals surface area contributed by atoms with Gasteiger partial charge in [0.25, 0.3) is 0 Å². The Bertz CT molecular complexity index is 1260. The summed E-state index contributed by atoms with van der Waals surface area (Å²) in [5, 5.41) is 3.35. The maximum absolute atomic E-state index is 14.1. The molecule has 10 nitrogen and oxygen atoms in total. The van der Waals surface area contributed by atoms with Gasteiger partial charge >= 0.3 is 0 Å². The third-order valence-corrected chi connectivity index (χ3v) is 9.17. The lowest BCUT2D eigenvalue weighted by Gasteiger charge is -2.33. The van der Waals surface area contributed by atoms with Crippen LogP contribution in [0, 0.1) is 5.92 Å². The number of rotatable bonds is 11. The van der Waals surface area contributed by atoms with E-state index in [-0.39, 0.29) is 29.8 Å². The van der Waals surface area contributed by atoms with E-state index in [9.17, 15) is 9.59 Å². The third-order valence-electron chi connectivity index (χ3n) is 9.17. The Kier molecular flexibility index (Phi) is 10.3. The second-order valence-electron chi connectivity index (χ2n) is 11.7. The van der Waals surface area contributed by atoms with Gasteiger partial charge in [0.1, 0.15) is 5.75 Å². The SMILES string of the molecule is COc1cccc(CN(C(=O)C2CCCC2)C2CC(C(=O)N3CCNCC3)N(Cc3ccc(OC)c(OC)c3OC)C2)c1. The summed E-state index contributed by atoms with van der Waals surface area (Å²) in [6.45, 7) is 4.49. The van der Waals surface area contributed by atoms with E-state index >= 15 is 0 Å². The Hall–Kier alpha value is -3.50. The molecule has 1 saturated carbocycles. The summed E-state index contributed by atoms with van der Waals surface area (Å²) in [6, 6.07) is 11.3. The molecule has 43 heavy (non-hydrogen) atoms. The number of carbonyl (C=O) groups excluding carboxylic acids is 2. The number of ether oxygens (including phenoxy) is 4. The molecule has 5 rings (SSSR count). The van der Waals surface area contributed by atoms with Crippen molar-refractivity contribution in [1.29, 1.82) is 0 Å². The first-order valence-corrected chi connectivity index (χ1v) is 15.4. The second-order valence-corrected chi connectivity index (χ2v) is 11.7. The molecule has 3 aliphatic rings. The number of hydrogen-bond donors (Lipinski definition) is 1. The number of nitrogens with zero attached hydrogens (tertiary/aromatic N) is 3. The fourth-order valence-electron chi connectivity index (χ4n) is 6.90. The molecule has 3 fully saturated rings. The molecule has 2 aromatic carbocycles. The van der Waals surface area contributed by atoms with Crippen LogP contribution in [0.2, 0.25) is 0 Å². The molecule has 234 valence electrons. The van der Waals surface area contributed by atoms with Crippen LogP contribution in [0.4, 0.5) is 0 Å². The van der Waals surface area contributed by atoms with Crippen LogP contribution in [0.5, 0.6) is 23.0 Å². The molecule has 2 aliphatic heterocycles. The summed E-state index contributed by atoms with van der Waals surface area (Å²) < 4.78 is 22.4. The van der Waals surface area contributed by atoms with E-state index in [4.69, 9.17) is 18.9 Å². The molecule has 1 N–H and O–H groups in total. The van der Waals surface area contributed by atoms with Crippen molar-refractivity contribution >= 4 is 11.8 Å². The maximum Gasteiger partial charge on any atom is 0.240 e. The van der Waals surface area contributed by atoms with Crippen molar-refractivity contribution in [2.45, 2.75) is 57.3 Å². The van der Waals surface area contributed by atoms with Crippen molar-refractivity contribution in [2.75, 3.05) is 61.2 Å². The van der Waals surface area contributed by atoms with Crippen molar-refractivity contribution in [3.05, 3.63) is 47.5 Å². The molecule has 1 aliphatic carbocycles. The van der Waals surface area contributed by atoms with E-state index < -0.39 is 0 Å². The average Bonchev–Trinajstić information content (AvgIpc) is 3.74. The zero-order chi connectivity index (χ0) is 30.3. The fraction of sp³-hybridized carbons (Fsp3) is 0.576. The van der Waals surface area contributed by atoms with Gasteiger partial charge in [0.2, 0.25) is 17.6 Å². The largest absolute Gasteiger partial charge is 0.497 e. The first-order valence-electron chi connectivity index (χ1n) is 15.4. The number of amides is 2. The van der Waals surface area contributed by atoms with Crippen LogP contribution < -0.4 is 24.3 Å². The fourth-order valence-corrected chi connectivity index (χ4v) is 6.90. The van der Waals surface area contributed by atoms with Crippen LogP contribution in [0.1, 0.15) is 43.2 Å². The highest BCUT2D eigenvalue weighted by Crippen LogP contribution is 2.41. The second kappa shape index (κ2) is 14.3. The molecule has 2 amide bonds. The van der Waals surface area contributed by atoms with Crippen molar-refractivity contribution in [2.24, 2.45) is 5.92 Å². The highest BCUT2D eigenvalue weighted by Gasteiger charge is 2.44. The van der Waals surface area contributed by atoms with E-state index in [2.05, 4.69) is 15.1 Å². The molecule has 0 aromatic heterocycles. The van der Waals surface area contributed by atoms with E-state index in [1.807, 2.05) is 41.3 Å². The highest BCUT2D eigenvalue weighted by atomic mass is 16.5. The molecule has 10 heteroatoms. The van der Waals surface area contributed by atoms with E-state index in [1.165, 1.54) is 0 Å². The molecule has 2 aromatic rings. The van der Waals surface area contributed by atoms with E-state index in [1.54, 1.807) is 28.4 Å². The van der Waals surface area contributed by atoms with Gasteiger partial charge in [0, 0.05) is 63.3 Å². The van der Waals surface area contributed by atoms with Gasteiger partial charge in [0.05, 0.1) is 34.5 Å². The van der Waals surface area contributed by atoms with Crippen LogP contribution in [0.25, 0.3) is 0 Å². The molecule has 2 atom stereocenters. The number of likely N-dealkylation sites (tertiary alicyclic amines) is 1. The number of piperazine rings is 1. The molecule has 0 radical (unpaired) electrons. The average molecular weight is 595 g/mol. The van der Waals surface area contributed by atoms with Gasteiger partial charge in [-0.05, 0) is 43.0 Å². The van der Waals surface area contributed by atoms with Gasteiger partial charge in [-0.3, -0.25) is 14.5 Å². The van der Waals surface area contributed by atoms with E-state index in [0.717, 1.165) is 55.6 Å². The monoisotopic (exact) mass is 594 g/mol. The van der Waals surface area contributed by atoms with Gasteiger partial charge in [-0.2, -0.15) is 0 Å². The minimum atomic E-state index is -0.356. The number of carbonyl (C=O) groups is 2. The minimum absolute atomic E-state index is 0.0351. The Morgan fingerprint density at radius 2 is 1.67 bits per heavy atom. The van der Waals surface area contributed by atoms with Crippen LogP contribution in [0.15, 0.2) is 36.4 Å². The number of nitrogens with one attached hydrogen (secondary N) is 1. The first-order chi connectivity index (χ1) is 21.0. The standard InChI is InChI=1S/C33H46N4O6/c1-40-27-11-7-8-23(18-27)20-37(32(38)24-9-5-6-10-24)26-19-28(33(39)35-16-14-34-15-17-35)36(22-26)21-25-12-13-29(41-2)31(43-4)30(25)42-3/h7-8,11-13,18,24,26,28,34H,5-6,9-10,14-17,19-22H2,1-4H3. The lowest BCUT2D eigenvalue weighted by molar-refractivity contribution is -0.139. The predicted molar refractivity (Wildman–Crippen MR) is 164 cm³/mol.